The van der Waals surface area contributed by atoms with Gasteiger partial charge in [0.25, 0.3) is 0 Å². The number of nitrogens with zero attached hydrogens (tertiary/aromatic N) is 2. The van der Waals surface area contributed by atoms with Crippen LogP contribution in [0.4, 0.5) is 0 Å². The minimum Gasteiger partial charge on any atom is -0.476 e. The van der Waals surface area contributed by atoms with Crippen LogP contribution in [0.5, 0.6) is 0 Å². The van der Waals surface area contributed by atoms with Gasteiger partial charge in [0.05, 0.1) is 10.2 Å². The van der Waals surface area contributed by atoms with Crippen LogP contribution in [-0.4, -0.2) is 20.9 Å². The second kappa shape index (κ2) is 4.20. The second-order valence-electron chi connectivity index (χ2n) is 4.52. The van der Waals surface area contributed by atoms with Gasteiger partial charge >= 0.3 is 5.97 Å². The molecule has 4 nitrogen and oxygen atoms in total. The van der Waals surface area contributed by atoms with Crippen LogP contribution in [-0.2, 0) is 0 Å². The molecule has 1 aliphatic carbocycles. The quantitative estimate of drug-likeness (QED) is 0.928. The third kappa shape index (κ3) is 1.77. The Labute approximate surface area is 103 Å². The Hall–Kier alpha value is -0.840. The molecule has 1 N–H and O–H groups in total. The van der Waals surface area contributed by atoms with E-state index in [1.807, 2.05) is 18.5 Å². The van der Waals surface area contributed by atoms with Crippen LogP contribution in [0.15, 0.2) is 4.47 Å². The molecular formula is C11H15BrN2O2. The molecule has 0 atom stereocenters. The maximum absolute atomic E-state index is 11.0. The molecule has 1 aromatic heterocycles. The van der Waals surface area contributed by atoms with E-state index in [0.29, 0.717) is 10.4 Å². The van der Waals surface area contributed by atoms with Gasteiger partial charge in [0.1, 0.15) is 0 Å². The molecule has 0 radical (unpaired) electrons. The summed E-state index contributed by atoms with van der Waals surface area (Å²) in [5.41, 5.74) is 1.19. The van der Waals surface area contributed by atoms with Crippen molar-refractivity contribution in [2.75, 3.05) is 0 Å². The Balaban J connectivity index is 2.50. The van der Waals surface area contributed by atoms with Crippen molar-refractivity contribution in [2.45, 2.75) is 45.1 Å². The first kappa shape index (κ1) is 11.6. The van der Waals surface area contributed by atoms with Crippen molar-refractivity contribution in [3.05, 3.63) is 15.9 Å². The van der Waals surface area contributed by atoms with Gasteiger partial charge in [0, 0.05) is 12.0 Å². The number of hydrogen-bond donors (Lipinski definition) is 1. The fourth-order valence-corrected chi connectivity index (χ4v) is 2.76. The summed E-state index contributed by atoms with van der Waals surface area (Å²) in [6.07, 6.45) is 3.49. The van der Waals surface area contributed by atoms with E-state index in [0.717, 1.165) is 18.5 Å². The van der Waals surface area contributed by atoms with E-state index in [1.54, 1.807) is 0 Å². The fraction of sp³-hybridized carbons (Fsp3) is 0.636. The van der Waals surface area contributed by atoms with Gasteiger partial charge in [0.2, 0.25) is 0 Å². The van der Waals surface area contributed by atoms with Crippen LogP contribution in [0.1, 0.15) is 61.3 Å². The zero-order valence-corrected chi connectivity index (χ0v) is 11.0. The molecular weight excluding hydrogens is 272 g/mol. The van der Waals surface area contributed by atoms with Crippen LogP contribution < -0.4 is 0 Å². The Morgan fingerprint density at radius 2 is 2.19 bits per heavy atom. The second-order valence-corrected chi connectivity index (χ2v) is 5.31. The molecule has 1 saturated carbocycles. The number of carboxylic acid groups (broad SMARTS) is 1. The predicted molar refractivity (Wildman–Crippen MR) is 63.9 cm³/mol. The molecule has 16 heavy (non-hydrogen) atoms. The summed E-state index contributed by atoms with van der Waals surface area (Å²) in [6, 6.07) is 0.194. The Morgan fingerprint density at radius 1 is 1.56 bits per heavy atom. The summed E-state index contributed by atoms with van der Waals surface area (Å²) in [4.78, 5) is 11.0. The first-order valence-corrected chi connectivity index (χ1v) is 6.32. The van der Waals surface area contributed by atoms with Crippen molar-refractivity contribution in [3.63, 3.8) is 0 Å². The van der Waals surface area contributed by atoms with Gasteiger partial charge in [-0.3, -0.25) is 4.68 Å². The Kier molecular flexibility index (Phi) is 3.06. The number of hydrogen-bond acceptors (Lipinski definition) is 2. The molecule has 0 unspecified atom stereocenters. The lowest BCUT2D eigenvalue weighted by Gasteiger charge is -2.27. The van der Waals surface area contributed by atoms with Crippen LogP contribution in [0.25, 0.3) is 0 Å². The highest BCUT2D eigenvalue weighted by Gasteiger charge is 2.30. The molecule has 88 valence electrons. The lowest BCUT2D eigenvalue weighted by molar-refractivity contribution is 0.0688. The van der Waals surface area contributed by atoms with Gasteiger partial charge in [0.15, 0.2) is 5.69 Å². The first-order chi connectivity index (χ1) is 7.52. The molecule has 1 heterocycles. The van der Waals surface area contributed by atoms with Crippen LogP contribution >= 0.6 is 15.9 Å². The van der Waals surface area contributed by atoms with Gasteiger partial charge in [-0.05, 0) is 42.6 Å². The number of aromatic carboxylic acids is 1. The number of carbonyl (C=O) groups is 1. The van der Waals surface area contributed by atoms with Crippen LogP contribution in [0.3, 0.4) is 0 Å². The third-order valence-corrected chi connectivity index (χ3v) is 3.85. The fourth-order valence-electron chi connectivity index (χ4n) is 2.01. The van der Waals surface area contributed by atoms with Crippen LogP contribution in [0, 0.1) is 0 Å². The maximum Gasteiger partial charge on any atom is 0.357 e. The molecule has 0 aliphatic heterocycles. The third-order valence-electron chi connectivity index (χ3n) is 3.07. The molecule has 1 aromatic rings. The maximum atomic E-state index is 11.0. The van der Waals surface area contributed by atoms with Crippen molar-refractivity contribution >= 4 is 21.9 Å². The van der Waals surface area contributed by atoms with E-state index in [9.17, 15) is 4.79 Å². The highest BCUT2D eigenvalue weighted by atomic mass is 79.9. The molecule has 5 heteroatoms. The van der Waals surface area contributed by atoms with Crippen molar-refractivity contribution in [2.24, 2.45) is 0 Å². The molecule has 0 amide bonds. The summed E-state index contributed by atoms with van der Waals surface area (Å²) in [5, 5.41) is 13.2. The number of halogens is 1. The van der Waals surface area contributed by atoms with Gasteiger partial charge in [-0.15, -0.1) is 0 Å². The van der Waals surface area contributed by atoms with Crippen molar-refractivity contribution in [1.29, 1.82) is 0 Å². The summed E-state index contributed by atoms with van der Waals surface area (Å²) in [7, 11) is 0. The molecule has 0 spiro atoms. The Morgan fingerprint density at radius 3 is 2.56 bits per heavy atom. The molecule has 0 aromatic carbocycles. The van der Waals surface area contributed by atoms with Crippen molar-refractivity contribution in [1.82, 2.24) is 9.78 Å². The van der Waals surface area contributed by atoms with E-state index in [4.69, 9.17) is 5.11 Å². The van der Waals surface area contributed by atoms with E-state index < -0.39 is 5.97 Å². The number of carboxylic acids is 1. The largest absolute Gasteiger partial charge is 0.476 e. The highest BCUT2D eigenvalue weighted by molar-refractivity contribution is 9.10. The zero-order valence-electron chi connectivity index (χ0n) is 9.40. The highest BCUT2D eigenvalue weighted by Crippen LogP contribution is 2.41. The molecule has 0 bridgehead atoms. The normalized spacial score (nSPS) is 16.5. The molecule has 1 aliphatic rings. The minimum absolute atomic E-state index is 0.135. The average molecular weight is 287 g/mol. The zero-order chi connectivity index (χ0) is 11.9. The van der Waals surface area contributed by atoms with Crippen molar-refractivity contribution < 1.29 is 9.90 Å². The lowest BCUT2D eigenvalue weighted by atomic mass is 9.82. The van der Waals surface area contributed by atoms with Gasteiger partial charge in [-0.25, -0.2) is 4.79 Å². The summed E-state index contributed by atoms with van der Waals surface area (Å²) >= 11 is 3.38. The molecule has 1 fully saturated rings. The topological polar surface area (TPSA) is 55.1 Å². The lowest BCUT2D eigenvalue weighted by Crippen LogP contribution is -2.16. The summed E-state index contributed by atoms with van der Waals surface area (Å²) in [5.74, 6) is -0.496. The number of aromatic nitrogens is 2. The summed E-state index contributed by atoms with van der Waals surface area (Å²) < 4.78 is 2.51. The monoisotopic (exact) mass is 286 g/mol. The molecule has 0 saturated heterocycles. The van der Waals surface area contributed by atoms with E-state index >= 15 is 0 Å². The average Bonchev–Trinajstić information content (AvgIpc) is 2.42. The molecule has 2 rings (SSSR count). The van der Waals surface area contributed by atoms with Crippen molar-refractivity contribution in [3.8, 4) is 0 Å². The predicted octanol–water partition coefficient (Wildman–Crippen LogP) is 3.19. The van der Waals surface area contributed by atoms with Gasteiger partial charge in [-0.2, -0.15) is 5.10 Å². The first-order valence-electron chi connectivity index (χ1n) is 5.53. The van der Waals surface area contributed by atoms with E-state index in [1.165, 1.54) is 6.42 Å². The van der Waals surface area contributed by atoms with Crippen LogP contribution in [0.2, 0.25) is 0 Å². The smallest absolute Gasteiger partial charge is 0.357 e. The Bertz CT molecular complexity index is 422. The van der Waals surface area contributed by atoms with E-state index in [-0.39, 0.29) is 11.7 Å². The summed E-state index contributed by atoms with van der Waals surface area (Å²) in [6.45, 7) is 4.04. The SMILES string of the molecule is CC(C)n1nc(C(=O)O)c(Br)c1C1CCC1. The van der Waals surface area contributed by atoms with Gasteiger partial charge in [-0.1, -0.05) is 6.42 Å². The van der Waals surface area contributed by atoms with E-state index in [2.05, 4.69) is 21.0 Å². The van der Waals surface area contributed by atoms with Gasteiger partial charge < -0.3 is 5.11 Å². The standard InChI is InChI=1S/C11H15BrN2O2/c1-6(2)14-10(7-4-3-5-7)8(12)9(13-14)11(15)16/h6-7H,3-5H2,1-2H3,(H,15,16). The number of rotatable bonds is 3. The minimum atomic E-state index is -0.966.